The van der Waals surface area contributed by atoms with Crippen LogP contribution in [0.4, 0.5) is 0 Å². The highest BCUT2D eigenvalue weighted by molar-refractivity contribution is 4.93. The number of rotatable bonds is 10. The fourth-order valence-corrected chi connectivity index (χ4v) is 7.09. The summed E-state index contributed by atoms with van der Waals surface area (Å²) < 4.78 is 0. The van der Waals surface area contributed by atoms with E-state index in [-0.39, 0.29) is 0 Å². The van der Waals surface area contributed by atoms with E-state index < -0.39 is 0 Å². The van der Waals surface area contributed by atoms with Crippen LogP contribution in [0.5, 0.6) is 0 Å². The van der Waals surface area contributed by atoms with Gasteiger partial charge in [0.2, 0.25) is 0 Å². The SMILES string of the molecule is CCN(CCCC(C)N1CCC2(CCCCC2)C1)C(C)CC1CCCN(C(C)C)CC1. The van der Waals surface area contributed by atoms with Gasteiger partial charge in [-0.05, 0) is 130 Å². The third-order valence-corrected chi connectivity index (χ3v) is 9.39. The molecule has 0 amide bonds. The van der Waals surface area contributed by atoms with E-state index in [1.54, 1.807) is 0 Å². The van der Waals surface area contributed by atoms with Crippen LogP contribution in [0.1, 0.15) is 112 Å². The monoisotopic (exact) mass is 433 g/mol. The molecule has 2 heterocycles. The Bertz CT molecular complexity index is 498. The Labute approximate surface area is 195 Å². The molecule has 2 saturated heterocycles. The summed E-state index contributed by atoms with van der Waals surface area (Å²) in [6.45, 7) is 20.0. The topological polar surface area (TPSA) is 9.72 Å². The summed E-state index contributed by atoms with van der Waals surface area (Å²) >= 11 is 0. The van der Waals surface area contributed by atoms with E-state index in [9.17, 15) is 0 Å². The van der Waals surface area contributed by atoms with Crippen molar-refractivity contribution in [2.24, 2.45) is 11.3 Å². The molecule has 3 unspecified atom stereocenters. The van der Waals surface area contributed by atoms with Gasteiger partial charge in [0, 0.05) is 24.7 Å². The summed E-state index contributed by atoms with van der Waals surface area (Å²) in [5.74, 6) is 0.933. The normalized spacial score (nSPS) is 27.8. The molecule has 0 aromatic heterocycles. The highest BCUT2D eigenvalue weighted by atomic mass is 15.2. The average Bonchev–Trinajstić information content (AvgIpc) is 3.01. The third-order valence-electron chi connectivity index (χ3n) is 9.39. The van der Waals surface area contributed by atoms with Crippen LogP contribution in [-0.2, 0) is 0 Å². The maximum Gasteiger partial charge on any atom is 0.00694 e. The summed E-state index contributed by atoms with van der Waals surface area (Å²) in [5, 5.41) is 0. The summed E-state index contributed by atoms with van der Waals surface area (Å²) in [7, 11) is 0. The molecule has 3 fully saturated rings. The Kier molecular flexibility index (Phi) is 10.2. The zero-order valence-corrected chi connectivity index (χ0v) is 21.9. The Morgan fingerprint density at radius 3 is 2.35 bits per heavy atom. The average molecular weight is 434 g/mol. The number of nitrogens with zero attached hydrogens (tertiary/aromatic N) is 3. The van der Waals surface area contributed by atoms with Crippen LogP contribution in [0.25, 0.3) is 0 Å². The molecule has 0 aromatic rings. The van der Waals surface area contributed by atoms with Crippen molar-refractivity contribution in [2.45, 2.75) is 130 Å². The minimum atomic E-state index is 0.709. The number of likely N-dealkylation sites (tertiary alicyclic amines) is 2. The molecule has 182 valence electrons. The molecule has 0 N–H and O–H groups in total. The van der Waals surface area contributed by atoms with Crippen molar-refractivity contribution in [1.29, 1.82) is 0 Å². The smallest absolute Gasteiger partial charge is 0.00694 e. The van der Waals surface area contributed by atoms with Crippen LogP contribution in [-0.4, -0.2) is 72.1 Å². The van der Waals surface area contributed by atoms with Crippen LogP contribution in [0.3, 0.4) is 0 Å². The quantitative estimate of drug-likeness (QED) is 0.393. The van der Waals surface area contributed by atoms with Crippen LogP contribution in [0, 0.1) is 11.3 Å². The molecule has 0 aromatic carbocycles. The molecule has 0 radical (unpaired) electrons. The summed E-state index contributed by atoms with van der Waals surface area (Å²) in [6.07, 6.45) is 17.4. The zero-order chi connectivity index (χ0) is 22.3. The Morgan fingerprint density at radius 1 is 0.871 bits per heavy atom. The lowest BCUT2D eigenvalue weighted by Crippen LogP contribution is -2.37. The van der Waals surface area contributed by atoms with Gasteiger partial charge in [0.1, 0.15) is 0 Å². The van der Waals surface area contributed by atoms with Crippen LogP contribution in [0.2, 0.25) is 0 Å². The van der Waals surface area contributed by atoms with Crippen molar-refractivity contribution >= 4 is 0 Å². The van der Waals surface area contributed by atoms with Gasteiger partial charge in [-0.25, -0.2) is 0 Å². The van der Waals surface area contributed by atoms with Gasteiger partial charge in [-0.3, -0.25) is 0 Å². The van der Waals surface area contributed by atoms with E-state index in [1.807, 2.05) is 0 Å². The fraction of sp³-hybridized carbons (Fsp3) is 1.00. The Balaban J connectivity index is 1.36. The molecule has 3 nitrogen and oxygen atoms in total. The first-order valence-electron chi connectivity index (χ1n) is 14.1. The molecule has 2 aliphatic heterocycles. The van der Waals surface area contributed by atoms with E-state index in [0.29, 0.717) is 11.5 Å². The van der Waals surface area contributed by atoms with Crippen molar-refractivity contribution < 1.29 is 0 Å². The second kappa shape index (κ2) is 12.4. The van der Waals surface area contributed by atoms with Crippen molar-refractivity contribution in [1.82, 2.24) is 14.7 Å². The third kappa shape index (κ3) is 7.44. The maximum absolute atomic E-state index is 2.84. The van der Waals surface area contributed by atoms with Crippen molar-refractivity contribution in [3.8, 4) is 0 Å². The molecule has 3 rings (SSSR count). The Hall–Kier alpha value is -0.120. The molecule has 3 aliphatic rings. The summed E-state index contributed by atoms with van der Waals surface area (Å²) in [4.78, 5) is 8.32. The van der Waals surface area contributed by atoms with Gasteiger partial charge in [-0.1, -0.05) is 26.2 Å². The summed E-state index contributed by atoms with van der Waals surface area (Å²) in [6, 6.07) is 2.24. The van der Waals surface area contributed by atoms with Gasteiger partial charge in [-0.2, -0.15) is 0 Å². The van der Waals surface area contributed by atoms with E-state index >= 15 is 0 Å². The number of hydrogen-bond donors (Lipinski definition) is 0. The van der Waals surface area contributed by atoms with Gasteiger partial charge < -0.3 is 14.7 Å². The van der Waals surface area contributed by atoms with E-state index in [1.165, 1.54) is 116 Å². The standard InChI is InChI=1S/C28H55N3/c1-6-29(26(5)22-27-13-11-19-30(20-14-27)24(2)3)18-10-12-25(4)31-21-17-28(23-31)15-8-7-9-16-28/h24-27H,6-23H2,1-5H3. The van der Waals surface area contributed by atoms with Gasteiger partial charge in [0.05, 0.1) is 0 Å². The molecule has 1 saturated carbocycles. The van der Waals surface area contributed by atoms with Crippen molar-refractivity contribution in [2.75, 3.05) is 39.3 Å². The molecular weight excluding hydrogens is 378 g/mol. The molecule has 3 atom stereocenters. The minimum absolute atomic E-state index is 0.709. The molecule has 1 aliphatic carbocycles. The largest absolute Gasteiger partial charge is 0.301 e. The van der Waals surface area contributed by atoms with Crippen LogP contribution < -0.4 is 0 Å². The van der Waals surface area contributed by atoms with E-state index in [4.69, 9.17) is 0 Å². The highest BCUT2D eigenvalue weighted by Gasteiger charge is 2.39. The van der Waals surface area contributed by atoms with Gasteiger partial charge in [0.15, 0.2) is 0 Å². The van der Waals surface area contributed by atoms with E-state index in [2.05, 4.69) is 49.3 Å². The fourth-order valence-electron chi connectivity index (χ4n) is 7.09. The molecule has 0 bridgehead atoms. The zero-order valence-electron chi connectivity index (χ0n) is 21.9. The molecule has 31 heavy (non-hydrogen) atoms. The second-order valence-corrected chi connectivity index (χ2v) is 11.9. The molecule has 3 heteroatoms. The predicted octanol–water partition coefficient (Wildman–Crippen LogP) is 6.42. The molecular formula is C28H55N3. The molecule has 1 spiro atoms. The summed E-state index contributed by atoms with van der Waals surface area (Å²) in [5.41, 5.74) is 0.709. The predicted molar refractivity (Wildman–Crippen MR) is 136 cm³/mol. The highest BCUT2D eigenvalue weighted by Crippen LogP contribution is 2.44. The first kappa shape index (κ1) is 25.5. The van der Waals surface area contributed by atoms with Crippen molar-refractivity contribution in [3.63, 3.8) is 0 Å². The van der Waals surface area contributed by atoms with E-state index in [0.717, 1.165) is 18.0 Å². The van der Waals surface area contributed by atoms with Gasteiger partial charge in [-0.15, -0.1) is 0 Å². The first-order valence-corrected chi connectivity index (χ1v) is 14.1. The maximum atomic E-state index is 2.84. The van der Waals surface area contributed by atoms with Crippen molar-refractivity contribution in [3.05, 3.63) is 0 Å². The van der Waals surface area contributed by atoms with Gasteiger partial charge in [0.25, 0.3) is 0 Å². The van der Waals surface area contributed by atoms with Crippen LogP contribution >= 0.6 is 0 Å². The van der Waals surface area contributed by atoms with Crippen LogP contribution in [0.15, 0.2) is 0 Å². The minimum Gasteiger partial charge on any atom is -0.301 e. The number of hydrogen-bond acceptors (Lipinski definition) is 3. The lowest BCUT2D eigenvalue weighted by molar-refractivity contribution is 0.150. The second-order valence-electron chi connectivity index (χ2n) is 11.9. The lowest BCUT2D eigenvalue weighted by Gasteiger charge is -2.35. The van der Waals surface area contributed by atoms with Gasteiger partial charge >= 0.3 is 0 Å². The first-order chi connectivity index (χ1) is 14.9. The lowest BCUT2D eigenvalue weighted by atomic mass is 9.73. The Morgan fingerprint density at radius 2 is 1.65 bits per heavy atom.